The van der Waals surface area contributed by atoms with Gasteiger partial charge in [-0.15, -0.1) is 0 Å². The number of aromatic nitrogens is 1. The molecule has 4 aromatic rings. The smallest absolute Gasteiger partial charge is 0.416 e. The van der Waals surface area contributed by atoms with Crippen LogP contribution in [0, 0.1) is 5.92 Å². The summed E-state index contributed by atoms with van der Waals surface area (Å²) >= 11 is 5.51. The third-order valence-electron chi connectivity index (χ3n) is 6.98. The average molecular weight is 691 g/mol. The minimum absolute atomic E-state index is 0.0515. The Labute approximate surface area is 258 Å². The van der Waals surface area contributed by atoms with Crippen molar-refractivity contribution in [2.24, 2.45) is 5.92 Å². The molecule has 1 fully saturated rings. The van der Waals surface area contributed by atoms with Crippen LogP contribution in [-0.2, 0) is 20.6 Å². The molecule has 1 aromatic heterocycles. The number of alkyl halides is 3. The number of anilines is 2. The molecule has 0 bridgehead atoms. The molecule has 0 saturated carbocycles. The molecule has 3 amide bonds. The fourth-order valence-corrected chi connectivity index (χ4v) is 8.08. The van der Waals surface area contributed by atoms with Crippen LogP contribution in [0.3, 0.4) is 0 Å². The predicted molar refractivity (Wildman–Crippen MR) is 159 cm³/mol. The van der Waals surface area contributed by atoms with E-state index in [1.165, 1.54) is 12.1 Å². The van der Waals surface area contributed by atoms with Gasteiger partial charge in [-0.2, -0.15) is 13.2 Å². The van der Waals surface area contributed by atoms with E-state index in [2.05, 4.69) is 26.2 Å². The Kier molecular flexibility index (Phi) is 7.69. The van der Waals surface area contributed by atoms with E-state index in [1.54, 1.807) is 48.5 Å². The molecule has 43 heavy (non-hydrogen) atoms. The Morgan fingerprint density at radius 2 is 1.77 bits per heavy atom. The molecule has 2 unspecified atom stereocenters. The monoisotopic (exact) mass is 689 g/mol. The van der Waals surface area contributed by atoms with Crippen molar-refractivity contribution in [2.45, 2.75) is 22.4 Å². The maximum Gasteiger partial charge on any atom is 0.416 e. The zero-order chi connectivity index (χ0) is 30.5. The number of hydrogen-bond donors (Lipinski definition) is 2. The van der Waals surface area contributed by atoms with Crippen molar-refractivity contribution in [3.05, 3.63) is 103 Å². The van der Waals surface area contributed by atoms with Crippen LogP contribution < -0.4 is 19.8 Å². The van der Waals surface area contributed by atoms with Gasteiger partial charge in [0.25, 0.3) is 5.91 Å². The summed E-state index contributed by atoms with van der Waals surface area (Å²) in [6.45, 7) is -0.556. The quantitative estimate of drug-likeness (QED) is 0.240. The maximum atomic E-state index is 13.9. The summed E-state index contributed by atoms with van der Waals surface area (Å²) in [6.07, 6.45) is -4.57. The Hall–Kier alpha value is -3.88. The van der Waals surface area contributed by atoms with E-state index in [1.807, 2.05) is 0 Å². The second-order valence-corrected chi connectivity index (χ2v) is 12.8. The molecule has 6 rings (SSSR count). The van der Waals surface area contributed by atoms with Crippen LogP contribution >= 0.6 is 39.0 Å². The summed E-state index contributed by atoms with van der Waals surface area (Å²) in [5, 5.41) is 2.05. The van der Waals surface area contributed by atoms with E-state index < -0.39 is 53.2 Å². The lowest BCUT2D eigenvalue weighted by Crippen LogP contribution is -2.32. The molecule has 2 aliphatic heterocycles. The number of thiazole rings is 1. The number of fused-ring (bicyclic) bond motifs is 2. The first-order valence-electron chi connectivity index (χ1n) is 12.7. The molecule has 2 aliphatic rings. The van der Waals surface area contributed by atoms with Crippen LogP contribution in [0.4, 0.5) is 24.5 Å². The number of imide groups is 1. The van der Waals surface area contributed by atoms with Crippen LogP contribution in [0.2, 0.25) is 0 Å². The van der Waals surface area contributed by atoms with Gasteiger partial charge in [0.2, 0.25) is 11.8 Å². The van der Waals surface area contributed by atoms with Gasteiger partial charge < -0.3 is 15.0 Å². The molecule has 0 radical (unpaired) electrons. The molecule has 0 spiro atoms. The number of para-hydroxylation sites is 1. The van der Waals surface area contributed by atoms with Crippen LogP contribution in [-0.4, -0.2) is 34.6 Å². The SMILES string of the molecule is O=C(COc1ccc(Br)cc1[C@H]1c2sc(=O)[nH]c2SC2C(=O)N(c3ccccc3)C(=O)C21)Nc1cccc(C(F)(F)F)c1. The molecule has 3 heterocycles. The number of thioether (sulfide) groups is 1. The standard InChI is InChI=1S/C29H19BrF3N3O5S2/c30-15-9-10-19(41-13-20(37)34-16-6-4-5-14(11-16)29(31,32)33)18(12-15)21-22-24(42-25-23(21)43-28(40)35-25)27(39)36(26(22)38)17-7-2-1-3-8-17/h1-12,21-22,24H,13H2,(H,34,37)(H,35,40)/t21-,22?,24?/m1/s1. The summed E-state index contributed by atoms with van der Waals surface area (Å²) in [5.41, 5.74) is -0.0682. The summed E-state index contributed by atoms with van der Waals surface area (Å²) < 4.78 is 45.8. The zero-order valence-corrected chi connectivity index (χ0v) is 24.9. The van der Waals surface area contributed by atoms with Gasteiger partial charge >= 0.3 is 11.0 Å². The molecule has 8 nitrogen and oxygen atoms in total. The third-order valence-corrected chi connectivity index (χ3v) is 9.87. The fraction of sp³-hybridized carbons (Fsp3) is 0.172. The van der Waals surface area contributed by atoms with Crippen LogP contribution in [0.15, 0.2) is 87.1 Å². The van der Waals surface area contributed by atoms with Crippen molar-refractivity contribution in [3.63, 3.8) is 0 Å². The Morgan fingerprint density at radius 1 is 1.00 bits per heavy atom. The zero-order valence-electron chi connectivity index (χ0n) is 21.7. The second kappa shape index (κ2) is 11.3. The molecular weight excluding hydrogens is 671 g/mol. The fourth-order valence-electron chi connectivity index (χ4n) is 5.19. The van der Waals surface area contributed by atoms with Gasteiger partial charge in [0.15, 0.2) is 6.61 Å². The molecule has 220 valence electrons. The lowest BCUT2D eigenvalue weighted by atomic mass is 9.82. The first kappa shape index (κ1) is 29.2. The van der Waals surface area contributed by atoms with Gasteiger partial charge in [0.05, 0.1) is 22.2 Å². The van der Waals surface area contributed by atoms with E-state index in [9.17, 15) is 32.3 Å². The molecule has 0 aliphatic carbocycles. The van der Waals surface area contributed by atoms with Crippen molar-refractivity contribution in [3.8, 4) is 5.75 Å². The summed E-state index contributed by atoms with van der Waals surface area (Å²) in [5.74, 6) is -2.99. The van der Waals surface area contributed by atoms with Crippen molar-refractivity contribution in [1.82, 2.24) is 4.98 Å². The number of carbonyl (C=O) groups excluding carboxylic acids is 3. The molecular formula is C29H19BrF3N3O5S2. The van der Waals surface area contributed by atoms with Gasteiger partial charge in [-0.25, -0.2) is 4.90 Å². The average Bonchev–Trinajstić information content (AvgIpc) is 3.46. The largest absolute Gasteiger partial charge is 0.483 e. The van der Waals surface area contributed by atoms with E-state index in [-0.39, 0.29) is 16.3 Å². The van der Waals surface area contributed by atoms with Gasteiger partial charge in [-0.05, 0) is 48.5 Å². The number of H-pyrrole nitrogens is 1. The highest BCUT2D eigenvalue weighted by atomic mass is 79.9. The number of ether oxygens (including phenoxy) is 1. The molecule has 3 aromatic carbocycles. The first-order valence-corrected chi connectivity index (χ1v) is 15.2. The van der Waals surface area contributed by atoms with E-state index in [4.69, 9.17) is 4.74 Å². The number of aromatic amines is 1. The van der Waals surface area contributed by atoms with E-state index in [0.717, 1.165) is 40.1 Å². The second-order valence-electron chi connectivity index (χ2n) is 9.69. The lowest BCUT2D eigenvalue weighted by Gasteiger charge is -2.31. The van der Waals surface area contributed by atoms with E-state index in [0.29, 0.717) is 25.6 Å². The van der Waals surface area contributed by atoms with Crippen LogP contribution in [0.5, 0.6) is 5.75 Å². The normalized spacial score (nSPS) is 19.6. The molecule has 3 atom stereocenters. The third kappa shape index (κ3) is 5.61. The van der Waals surface area contributed by atoms with Gasteiger partial charge in [-0.3, -0.25) is 19.2 Å². The highest BCUT2D eigenvalue weighted by Gasteiger charge is 2.56. The van der Waals surface area contributed by atoms with Crippen LogP contribution in [0.25, 0.3) is 0 Å². The highest BCUT2D eigenvalue weighted by molar-refractivity contribution is 9.10. The number of hydrogen-bond acceptors (Lipinski definition) is 7. The number of carbonyl (C=O) groups is 3. The minimum atomic E-state index is -4.57. The summed E-state index contributed by atoms with van der Waals surface area (Å²) in [4.78, 5) is 56.8. The highest BCUT2D eigenvalue weighted by Crippen LogP contribution is 2.54. The molecule has 1 saturated heterocycles. The number of benzene rings is 3. The number of halogens is 4. The Bertz CT molecular complexity index is 1810. The lowest BCUT2D eigenvalue weighted by molar-refractivity contribution is -0.137. The number of amides is 3. The van der Waals surface area contributed by atoms with Crippen molar-refractivity contribution >= 4 is 68.1 Å². The van der Waals surface area contributed by atoms with Crippen molar-refractivity contribution < 1.29 is 32.3 Å². The van der Waals surface area contributed by atoms with Crippen molar-refractivity contribution in [2.75, 3.05) is 16.8 Å². The topological polar surface area (TPSA) is 109 Å². The molecule has 14 heteroatoms. The van der Waals surface area contributed by atoms with Gasteiger partial charge in [0.1, 0.15) is 11.0 Å². The van der Waals surface area contributed by atoms with Crippen LogP contribution in [0.1, 0.15) is 21.9 Å². The first-order chi connectivity index (χ1) is 20.5. The number of nitrogens with zero attached hydrogens (tertiary/aromatic N) is 1. The Balaban J connectivity index is 1.32. The Morgan fingerprint density at radius 3 is 2.51 bits per heavy atom. The minimum Gasteiger partial charge on any atom is -0.483 e. The van der Waals surface area contributed by atoms with Crippen molar-refractivity contribution in [1.29, 1.82) is 0 Å². The summed E-state index contributed by atoms with van der Waals surface area (Å²) in [7, 11) is 0. The maximum absolute atomic E-state index is 13.9. The van der Waals surface area contributed by atoms with Gasteiger partial charge in [0, 0.05) is 26.5 Å². The van der Waals surface area contributed by atoms with Gasteiger partial charge in [-0.1, -0.05) is 63.3 Å². The molecule has 2 N–H and O–H groups in total. The number of rotatable bonds is 6. The predicted octanol–water partition coefficient (Wildman–Crippen LogP) is 6.03. The summed E-state index contributed by atoms with van der Waals surface area (Å²) in [6, 6.07) is 17.7. The number of nitrogens with one attached hydrogen (secondary N) is 2. The van der Waals surface area contributed by atoms with E-state index >= 15 is 0 Å².